The molecule has 0 atom stereocenters. The van der Waals surface area contributed by atoms with Crippen molar-refractivity contribution in [3.8, 4) is 5.75 Å². The van der Waals surface area contributed by atoms with Crippen LogP contribution < -0.4 is 10.1 Å². The van der Waals surface area contributed by atoms with E-state index in [9.17, 15) is 9.59 Å². The molecule has 0 aliphatic rings. The van der Waals surface area contributed by atoms with Gasteiger partial charge in [-0.15, -0.1) is 0 Å². The maximum absolute atomic E-state index is 11.6. The van der Waals surface area contributed by atoms with E-state index < -0.39 is 11.7 Å². The molecule has 0 unspecified atom stereocenters. The molecule has 0 bridgehead atoms. The number of alkyl carbamates (subject to hydrolysis) is 1. The minimum atomic E-state index is -0.509. The lowest BCUT2D eigenvalue weighted by molar-refractivity contribution is -0.127. The van der Waals surface area contributed by atoms with Crippen LogP contribution in [0.25, 0.3) is 0 Å². The van der Waals surface area contributed by atoms with Crippen LogP contribution in [0.1, 0.15) is 26.3 Å². The van der Waals surface area contributed by atoms with Crippen molar-refractivity contribution in [3.63, 3.8) is 0 Å². The molecule has 0 aliphatic carbocycles. The molecule has 6 heteroatoms. The number of nitrogens with one attached hydrogen (secondary N) is 1. The van der Waals surface area contributed by atoms with Gasteiger partial charge in [0.25, 0.3) is 0 Å². The minimum absolute atomic E-state index is 0.0558. The number of nitrogens with zero attached hydrogens (tertiary/aromatic N) is 1. The van der Waals surface area contributed by atoms with Gasteiger partial charge in [-0.1, -0.05) is 12.1 Å². The highest BCUT2D eigenvalue weighted by Crippen LogP contribution is 2.13. The number of likely N-dealkylation sites (N-methyl/N-ethyl adjacent to an activating group) is 1. The molecule has 0 heterocycles. The monoisotopic (exact) mass is 322 g/mol. The van der Waals surface area contributed by atoms with Gasteiger partial charge >= 0.3 is 6.09 Å². The van der Waals surface area contributed by atoms with Crippen LogP contribution in [0.15, 0.2) is 24.3 Å². The quantitative estimate of drug-likeness (QED) is 0.816. The third-order valence-corrected chi connectivity index (χ3v) is 2.82. The lowest BCUT2D eigenvalue weighted by Crippen LogP contribution is -2.34. The lowest BCUT2D eigenvalue weighted by atomic mass is 10.1. The lowest BCUT2D eigenvalue weighted by Gasteiger charge is -2.19. The molecule has 23 heavy (non-hydrogen) atoms. The van der Waals surface area contributed by atoms with Gasteiger partial charge in [0.15, 0.2) is 0 Å². The van der Waals surface area contributed by atoms with E-state index in [0.29, 0.717) is 25.3 Å². The number of amides is 2. The molecular weight excluding hydrogens is 296 g/mol. The van der Waals surface area contributed by atoms with E-state index >= 15 is 0 Å². The van der Waals surface area contributed by atoms with Gasteiger partial charge in [0.1, 0.15) is 18.0 Å². The second-order valence-electron chi connectivity index (χ2n) is 6.39. The minimum Gasteiger partial charge on any atom is -0.492 e. The number of carbonyl (C=O) groups is 2. The third-order valence-electron chi connectivity index (χ3n) is 2.82. The van der Waals surface area contributed by atoms with Crippen LogP contribution in [0.4, 0.5) is 4.79 Å². The summed E-state index contributed by atoms with van der Waals surface area (Å²) in [4.78, 5) is 24.6. The molecule has 1 aromatic rings. The number of ether oxygens (including phenoxy) is 2. The fraction of sp³-hybridized carbons (Fsp3) is 0.529. The van der Waals surface area contributed by atoms with Crippen LogP contribution in [0.2, 0.25) is 0 Å². The molecule has 2 amide bonds. The number of hydrogen-bond acceptors (Lipinski definition) is 4. The SMILES string of the molecule is CN(C)C(=O)Cc1ccc(OCCNC(=O)OC(C)(C)C)cc1. The van der Waals surface area contributed by atoms with Crippen molar-refractivity contribution in [3.05, 3.63) is 29.8 Å². The molecule has 0 aliphatic heterocycles. The molecule has 1 rings (SSSR count). The van der Waals surface area contributed by atoms with Crippen molar-refractivity contribution in [1.29, 1.82) is 0 Å². The Hall–Kier alpha value is -2.24. The van der Waals surface area contributed by atoms with Gasteiger partial charge in [-0.3, -0.25) is 4.79 Å². The van der Waals surface area contributed by atoms with Crippen LogP contribution in [0, 0.1) is 0 Å². The Bertz CT molecular complexity index is 518. The molecule has 6 nitrogen and oxygen atoms in total. The zero-order chi connectivity index (χ0) is 17.5. The first kappa shape index (κ1) is 18.8. The van der Waals surface area contributed by atoms with Crippen LogP contribution in [-0.2, 0) is 16.0 Å². The van der Waals surface area contributed by atoms with Gasteiger partial charge in [0.2, 0.25) is 5.91 Å². The summed E-state index contributed by atoms with van der Waals surface area (Å²) < 4.78 is 10.6. The fourth-order valence-corrected chi connectivity index (χ4v) is 1.67. The maximum atomic E-state index is 11.6. The number of rotatable bonds is 6. The summed E-state index contributed by atoms with van der Waals surface area (Å²) in [6.45, 7) is 6.13. The Morgan fingerprint density at radius 1 is 1.13 bits per heavy atom. The van der Waals surface area contributed by atoms with Gasteiger partial charge < -0.3 is 19.7 Å². The zero-order valence-corrected chi connectivity index (χ0v) is 14.5. The van der Waals surface area contributed by atoms with Crippen molar-refractivity contribution < 1.29 is 19.1 Å². The highest BCUT2D eigenvalue weighted by atomic mass is 16.6. The molecule has 0 aromatic heterocycles. The van der Waals surface area contributed by atoms with E-state index in [1.165, 1.54) is 0 Å². The zero-order valence-electron chi connectivity index (χ0n) is 14.5. The molecule has 0 radical (unpaired) electrons. The first-order chi connectivity index (χ1) is 10.7. The smallest absolute Gasteiger partial charge is 0.407 e. The highest BCUT2D eigenvalue weighted by molar-refractivity contribution is 5.78. The van der Waals surface area contributed by atoms with Gasteiger partial charge in [-0.25, -0.2) is 4.79 Å². The summed E-state index contributed by atoms with van der Waals surface area (Å²) in [6, 6.07) is 7.34. The summed E-state index contributed by atoms with van der Waals surface area (Å²) in [5.74, 6) is 0.747. The Balaban J connectivity index is 2.31. The molecule has 0 fully saturated rings. The second-order valence-corrected chi connectivity index (χ2v) is 6.39. The first-order valence-electron chi connectivity index (χ1n) is 7.56. The summed E-state index contributed by atoms with van der Waals surface area (Å²) in [6.07, 6.45) is -0.0911. The topological polar surface area (TPSA) is 67.9 Å². The molecule has 1 aromatic carbocycles. The Kier molecular flexibility index (Phi) is 6.88. The van der Waals surface area contributed by atoms with Crippen molar-refractivity contribution in [2.75, 3.05) is 27.2 Å². The second kappa shape index (κ2) is 8.41. The van der Waals surface area contributed by atoms with E-state index in [-0.39, 0.29) is 5.91 Å². The highest BCUT2D eigenvalue weighted by Gasteiger charge is 2.15. The Morgan fingerprint density at radius 2 is 1.74 bits per heavy atom. The van der Waals surface area contributed by atoms with Crippen molar-refractivity contribution in [1.82, 2.24) is 10.2 Å². The van der Waals surface area contributed by atoms with E-state index in [2.05, 4.69) is 5.32 Å². The summed E-state index contributed by atoms with van der Waals surface area (Å²) in [7, 11) is 3.47. The van der Waals surface area contributed by atoms with E-state index in [4.69, 9.17) is 9.47 Å². The third kappa shape index (κ3) is 8.09. The van der Waals surface area contributed by atoms with Gasteiger partial charge in [0.05, 0.1) is 13.0 Å². The summed E-state index contributed by atoms with van der Waals surface area (Å²) in [5.41, 5.74) is 0.424. The normalized spacial score (nSPS) is 10.8. The number of carbonyl (C=O) groups excluding carboxylic acids is 2. The number of benzene rings is 1. The van der Waals surface area contributed by atoms with Crippen molar-refractivity contribution >= 4 is 12.0 Å². The molecule has 128 valence electrons. The molecule has 0 saturated heterocycles. The molecular formula is C17H26N2O4. The largest absolute Gasteiger partial charge is 0.492 e. The predicted molar refractivity (Wildman–Crippen MR) is 88.6 cm³/mol. The van der Waals surface area contributed by atoms with Crippen LogP contribution in [0.3, 0.4) is 0 Å². The van der Waals surface area contributed by atoms with Crippen LogP contribution >= 0.6 is 0 Å². The van der Waals surface area contributed by atoms with Crippen molar-refractivity contribution in [2.45, 2.75) is 32.8 Å². The average molecular weight is 322 g/mol. The van der Waals surface area contributed by atoms with E-state index in [1.54, 1.807) is 19.0 Å². The average Bonchev–Trinajstić information content (AvgIpc) is 2.43. The summed E-state index contributed by atoms with van der Waals surface area (Å²) in [5, 5.41) is 2.62. The molecule has 0 spiro atoms. The molecule has 1 N–H and O–H groups in total. The predicted octanol–water partition coefficient (Wildman–Crippen LogP) is 2.22. The van der Waals surface area contributed by atoms with Crippen LogP contribution in [-0.4, -0.2) is 49.7 Å². The first-order valence-corrected chi connectivity index (χ1v) is 7.56. The Morgan fingerprint density at radius 3 is 2.26 bits per heavy atom. The molecule has 0 saturated carbocycles. The van der Waals surface area contributed by atoms with E-state index in [1.807, 2.05) is 45.0 Å². The fourth-order valence-electron chi connectivity index (χ4n) is 1.67. The van der Waals surface area contributed by atoms with Gasteiger partial charge in [0, 0.05) is 14.1 Å². The van der Waals surface area contributed by atoms with Gasteiger partial charge in [-0.2, -0.15) is 0 Å². The maximum Gasteiger partial charge on any atom is 0.407 e. The van der Waals surface area contributed by atoms with Crippen molar-refractivity contribution in [2.24, 2.45) is 0 Å². The Labute approximate surface area is 137 Å². The summed E-state index contributed by atoms with van der Waals surface area (Å²) >= 11 is 0. The van der Waals surface area contributed by atoms with Gasteiger partial charge in [-0.05, 0) is 38.5 Å². The van der Waals surface area contributed by atoms with Crippen LogP contribution in [0.5, 0.6) is 5.75 Å². The number of hydrogen-bond donors (Lipinski definition) is 1. The standard InChI is InChI=1S/C17H26N2O4/c1-17(2,3)23-16(21)18-10-11-22-14-8-6-13(7-9-14)12-15(20)19(4)5/h6-9H,10-12H2,1-5H3,(H,18,21). The van der Waals surface area contributed by atoms with E-state index in [0.717, 1.165) is 5.56 Å².